The number of fused-ring (bicyclic) bond motifs is 1. The maximum atomic E-state index is 12.3. The van der Waals surface area contributed by atoms with Gasteiger partial charge in [0.05, 0.1) is 24.0 Å². The van der Waals surface area contributed by atoms with Crippen LogP contribution in [0.3, 0.4) is 0 Å². The first-order chi connectivity index (χ1) is 8.85. The van der Waals surface area contributed by atoms with Crippen molar-refractivity contribution in [2.45, 2.75) is 38.7 Å². The van der Waals surface area contributed by atoms with Crippen molar-refractivity contribution in [1.82, 2.24) is 4.90 Å². The molecule has 3 unspecified atom stereocenters. The van der Waals surface area contributed by atoms with Gasteiger partial charge in [-0.2, -0.15) is 0 Å². The van der Waals surface area contributed by atoms with Crippen LogP contribution in [0.1, 0.15) is 33.1 Å². The molecule has 0 aromatic rings. The Morgan fingerprint density at radius 2 is 1.84 bits per heavy atom. The van der Waals surface area contributed by atoms with Gasteiger partial charge in [-0.25, -0.2) is 0 Å². The van der Waals surface area contributed by atoms with Crippen LogP contribution in [0.5, 0.6) is 0 Å². The third-order valence-corrected chi connectivity index (χ3v) is 4.31. The number of methoxy groups -OCH3 is 1. The molecule has 2 amide bonds. The zero-order chi connectivity index (χ0) is 14.2. The van der Waals surface area contributed by atoms with Gasteiger partial charge in [0.25, 0.3) is 0 Å². The molecular weight excluding hydrogens is 246 g/mol. The highest BCUT2D eigenvalue weighted by atomic mass is 16.5. The van der Waals surface area contributed by atoms with Crippen LogP contribution in [0.25, 0.3) is 0 Å². The highest BCUT2D eigenvalue weighted by Crippen LogP contribution is 2.43. The highest BCUT2D eigenvalue weighted by Gasteiger charge is 2.52. The van der Waals surface area contributed by atoms with E-state index in [9.17, 15) is 14.7 Å². The number of likely N-dealkylation sites (tertiary alicyclic amines) is 1. The Bertz CT molecular complexity index is 356. The van der Waals surface area contributed by atoms with E-state index in [4.69, 9.17) is 4.74 Å². The van der Waals surface area contributed by atoms with E-state index in [1.807, 2.05) is 0 Å². The second-order valence-electron chi connectivity index (χ2n) is 6.29. The molecule has 2 fully saturated rings. The van der Waals surface area contributed by atoms with Gasteiger partial charge in [0.15, 0.2) is 0 Å². The molecule has 3 atom stereocenters. The Kier molecular flexibility index (Phi) is 3.97. The third kappa shape index (κ3) is 2.82. The Labute approximate surface area is 113 Å². The fraction of sp³-hybridized carbons (Fsp3) is 0.857. The summed E-state index contributed by atoms with van der Waals surface area (Å²) in [5, 5.41) is 10.2. The summed E-state index contributed by atoms with van der Waals surface area (Å²) in [7, 11) is 1.56. The summed E-state index contributed by atoms with van der Waals surface area (Å²) in [6.45, 7) is 4.21. The number of hydrogen-bond acceptors (Lipinski definition) is 4. The van der Waals surface area contributed by atoms with E-state index in [1.165, 1.54) is 4.90 Å². The largest absolute Gasteiger partial charge is 0.388 e. The van der Waals surface area contributed by atoms with Gasteiger partial charge in [0.1, 0.15) is 0 Å². The predicted octanol–water partition coefficient (Wildman–Crippen LogP) is 0.805. The maximum absolute atomic E-state index is 12.3. The zero-order valence-corrected chi connectivity index (χ0v) is 11.9. The van der Waals surface area contributed by atoms with Crippen molar-refractivity contribution < 1.29 is 19.4 Å². The fourth-order valence-electron chi connectivity index (χ4n) is 3.24. The first kappa shape index (κ1) is 14.5. The Hall–Kier alpha value is -0.940. The molecule has 1 N–H and O–H groups in total. The standard InChI is InChI=1S/C14H23NO4/c1-9-6-10-11(7-9)13(17)15(12(10)16)8-14(2,18)4-5-19-3/h9-11,18H,4-8H2,1-3H3. The number of rotatable bonds is 5. The number of imide groups is 1. The van der Waals surface area contributed by atoms with Crippen LogP contribution in [0.4, 0.5) is 0 Å². The molecule has 5 nitrogen and oxygen atoms in total. The quantitative estimate of drug-likeness (QED) is 0.750. The fourth-order valence-corrected chi connectivity index (χ4v) is 3.24. The summed E-state index contributed by atoms with van der Waals surface area (Å²) >= 11 is 0. The first-order valence-corrected chi connectivity index (χ1v) is 6.92. The molecule has 0 aromatic heterocycles. The maximum Gasteiger partial charge on any atom is 0.233 e. The average Bonchev–Trinajstić information content (AvgIpc) is 2.81. The summed E-state index contributed by atoms with van der Waals surface area (Å²) in [5.74, 6) is -0.0606. The average molecular weight is 269 g/mol. The van der Waals surface area contributed by atoms with Crippen LogP contribution in [0, 0.1) is 17.8 Å². The van der Waals surface area contributed by atoms with Gasteiger partial charge < -0.3 is 9.84 Å². The lowest BCUT2D eigenvalue weighted by atomic mass is 10.00. The lowest BCUT2D eigenvalue weighted by molar-refractivity contribution is -0.144. The van der Waals surface area contributed by atoms with Crippen LogP contribution in [-0.4, -0.2) is 47.7 Å². The third-order valence-electron chi connectivity index (χ3n) is 4.31. The Balaban J connectivity index is 2.03. The summed E-state index contributed by atoms with van der Waals surface area (Å²) in [6, 6.07) is 0. The predicted molar refractivity (Wildman–Crippen MR) is 69.2 cm³/mol. The van der Waals surface area contributed by atoms with Crippen molar-refractivity contribution >= 4 is 11.8 Å². The molecule has 2 aliphatic rings. The molecule has 0 bridgehead atoms. The van der Waals surface area contributed by atoms with Crippen molar-refractivity contribution in [3.8, 4) is 0 Å². The minimum absolute atomic E-state index is 0.0788. The van der Waals surface area contributed by atoms with Gasteiger partial charge in [-0.05, 0) is 25.7 Å². The van der Waals surface area contributed by atoms with E-state index in [0.29, 0.717) is 18.9 Å². The molecule has 0 spiro atoms. The van der Waals surface area contributed by atoms with Crippen LogP contribution in [0.2, 0.25) is 0 Å². The Morgan fingerprint density at radius 3 is 2.32 bits per heavy atom. The van der Waals surface area contributed by atoms with Gasteiger partial charge in [0.2, 0.25) is 11.8 Å². The summed E-state index contributed by atoms with van der Waals surface area (Å²) in [4.78, 5) is 25.8. The van der Waals surface area contributed by atoms with E-state index in [1.54, 1.807) is 14.0 Å². The number of aliphatic hydroxyl groups is 1. The number of ether oxygens (including phenoxy) is 1. The Morgan fingerprint density at radius 1 is 1.32 bits per heavy atom. The first-order valence-electron chi connectivity index (χ1n) is 6.92. The normalized spacial score (nSPS) is 33.7. The molecule has 2 rings (SSSR count). The second-order valence-corrected chi connectivity index (χ2v) is 6.29. The molecule has 19 heavy (non-hydrogen) atoms. The summed E-state index contributed by atoms with van der Waals surface area (Å²) < 4.78 is 4.94. The number of β-amino-alcohol motifs (C(OH)–C–C–N with tert-alkyl or cyclic N) is 1. The van der Waals surface area contributed by atoms with E-state index in [2.05, 4.69) is 6.92 Å². The van der Waals surface area contributed by atoms with Gasteiger partial charge in [0, 0.05) is 20.1 Å². The smallest absolute Gasteiger partial charge is 0.233 e. The molecule has 1 heterocycles. The molecular formula is C14H23NO4. The SMILES string of the molecule is COCCC(C)(O)CN1C(=O)C2CC(C)CC2C1=O. The van der Waals surface area contributed by atoms with Crippen molar-refractivity contribution in [1.29, 1.82) is 0 Å². The van der Waals surface area contributed by atoms with Gasteiger partial charge in [-0.15, -0.1) is 0 Å². The molecule has 5 heteroatoms. The number of carbonyl (C=O) groups is 2. The topological polar surface area (TPSA) is 66.8 Å². The molecule has 108 valence electrons. The molecule has 1 saturated carbocycles. The van der Waals surface area contributed by atoms with E-state index < -0.39 is 5.60 Å². The van der Waals surface area contributed by atoms with Gasteiger partial charge in [-0.3, -0.25) is 14.5 Å². The molecule has 0 aromatic carbocycles. The highest BCUT2D eigenvalue weighted by molar-refractivity contribution is 6.05. The molecule has 1 aliphatic heterocycles. The zero-order valence-electron chi connectivity index (χ0n) is 11.9. The summed E-state index contributed by atoms with van der Waals surface area (Å²) in [6.07, 6.45) is 2.00. The molecule has 1 aliphatic carbocycles. The van der Waals surface area contributed by atoms with Gasteiger partial charge in [-0.1, -0.05) is 6.92 Å². The van der Waals surface area contributed by atoms with Crippen LogP contribution < -0.4 is 0 Å². The second kappa shape index (κ2) is 5.21. The minimum atomic E-state index is -1.08. The van der Waals surface area contributed by atoms with Crippen molar-refractivity contribution in [3.05, 3.63) is 0 Å². The van der Waals surface area contributed by atoms with E-state index in [0.717, 1.165) is 12.8 Å². The lowest BCUT2D eigenvalue weighted by Crippen LogP contribution is -2.45. The number of carbonyl (C=O) groups excluding carboxylic acids is 2. The van der Waals surface area contributed by atoms with Crippen molar-refractivity contribution in [2.75, 3.05) is 20.3 Å². The van der Waals surface area contributed by atoms with Crippen LogP contribution in [0.15, 0.2) is 0 Å². The number of amides is 2. The molecule has 1 saturated heterocycles. The summed E-state index contributed by atoms with van der Waals surface area (Å²) in [5.41, 5.74) is -1.08. The van der Waals surface area contributed by atoms with Crippen LogP contribution >= 0.6 is 0 Å². The van der Waals surface area contributed by atoms with Crippen molar-refractivity contribution in [3.63, 3.8) is 0 Å². The lowest BCUT2D eigenvalue weighted by Gasteiger charge is -2.28. The van der Waals surface area contributed by atoms with E-state index in [-0.39, 0.29) is 30.2 Å². The number of nitrogens with zero attached hydrogens (tertiary/aromatic N) is 1. The van der Waals surface area contributed by atoms with Crippen molar-refractivity contribution in [2.24, 2.45) is 17.8 Å². The monoisotopic (exact) mass is 269 g/mol. The van der Waals surface area contributed by atoms with E-state index >= 15 is 0 Å². The molecule has 0 radical (unpaired) electrons. The minimum Gasteiger partial charge on any atom is -0.388 e. The van der Waals surface area contributed by atoms with Gasteiger partial charge >= 0.3 is 0 Å². The van der Waals surface area contributed by atoms with Crippen LogP contribution in [-0.2, 0) is 14.3 Å². The number of hydrogen-bond donors (Lipinski definition) is 1.